The molecule has 1 fully saturated rings. The van der Waals surface area contributed by atoms with Crippen LogP contribution in [0.2, 0.25) is 0 Å². The molecular weight excluding hydrogens is 650 g/mol. The van der Waals surface area contributed by atoms with Crippen LogP contribution in [0.5, 0.6) is 5.75 Å². The first-order valence-electron chi connectivity index (χ1n) is 15.2. The summed E-state index contributed by atoms with van der Waals surface area (Å²) in [5, 5.41) is 34.1. The van der Waals surface area contributed by atoms with Crippen LogP contribution < -0.4 is 43.4 Å². The number of hydrogen-bond acceptors (Lipinski definition) is 10. The quantitative estimate of drug-likeness (QED) is 0.0398. The van der Waals surface area contributed by atoms with Crippen molar-refractivity contribution in [1.29, 1.82) is 0 Å². The third kappa shape index (κ3) is 14.6. The maximum Gasteiger partial charge on any atom is 0.305 e. The predicted molar refractivity (Wildman–Crippen MR) is 175 cm³/mol. The normalized spacial score (nSPS) is 20.8. The molecule has 2 unspecified atom stereocenters. The minimum Gasteiger partial charge on any atom is -0.508 e. The van der Waals surface area contributed by atoms with Crippen LogP contribution in [0.15, 0.2) is 29.3 Å². The van der Waals surface area contributed by atoms with Crippen molar-refractivity contribution in [3.8, 4) is 5.75 Å². The van der Waals surface area contributed by atoms with E-state index >= 15 is 0 Å². The lowest BCUT2D eigenvalue weighted by atomic mass is 10.0. The molecule has 12 N–H and O–H groups in total. The van der Waals surface area contributed by atoms with E-state index in [1.54, 1.807) is 0 Å². The van der Waals surface area contributed by atoms with Gasteiger partial charge < -0.3 is 53.6 Å². The van der Waals surface area contributed by atoms with Gasteiger partial charge in [-0.2, -0.15) is 12.6 Å². The van der Waals surface area contributed by atoms with Crippen molar-refractivity contribution < 1.29 is 43.8 Å². The summed E-state index contributed by atoms with van der Waals surface area (Å²) in [5.74, 6) is -6.12. The Bertz CT molecular complexity index is 1340. The molecule has 1 saturated heterocycles. The van der Waals surface area contributed by atoms with Gasteiger partial charge in [-0.15, -0.1) is 0 Å². The molecule has 1 heterocycles. The number of benzene rings is 1. The fraction of sp³-hybridized carbons (Fsp3) is 0.517. The number of nitrogens with one attached hydrogen (secondary N) is 6. The topological polar surface area (TPSA) is 297 Å². The number of thiol groups is 1. The van der Waals surface area contributed by atoms with E-state index < -0.39 is 72.6 Å². The molecule has 2 rings (SSSR count). The van der Waals surface area contributed by atoms with Gasteiger partial charge in [-0.25, -0.2) is 0 Å². The lowest BCUT2D eigenvalue weighted by molar-refractivity contribution is -0.141. The number of guanidine groups is 1. The van der Waals surface area contributed by atoms with Crippen LogP contribution in [0.1, 0.15) is 44.1 Å². The van der Waals surface area contributed by atoms with Gasteiger partial charge in [-0.3, -0.25) is 38.6 Å². The number of rotatable bonds is 14. The van der Waals surface area contributed by atoms with Crippen molar-refractivity contribution in [2.24, 2.45) is 16.5 Å². The summed E-state index contributed by atoms with van der Waals surface area (Å²) in [6.45, 7) is -0.245. The fourth-order valence-corrected chi connectivity index (χ4v) is 4.72. The van der Waals surface area contributed by atoms with Crippen molar-refractivity contribution >= 4 is 60.0 Å². The Morgan fingerprint density at radius 1 is 0.833 bits per heavy atom. The van der Waals surface area contributed by atoms with Crippen LogP contribution in [0.3, 0.4) is 0 Å². The molecule has 48 heavy (non-hydrogen) atoms. The number of aliphatic carboxylic acids is 1. The first-order chi connectivity index (χ1) is 22.8. The molecule has 264 valence electrons. The van der Waals surface area contributed by atoms with Gasteiger partial charge in [-0.1, -0.05) is 12.1 Å². The molecule has 18 nitrogen and oxygen atoms in total. The molecule has 1 aromatic carbocycles. The van der Waals surface area contributed by atoms with Gasteiger partial charge in [-0.05, 0) is 49.8 Å². The Morgan fingerprint density at radius 3 is 2.04 bits per heavy atom. The molecule has 19 heteroatoms. The van der Waals surface area contributed by atoms with Gasteiger partial charge in [0.1, 0.15) is 29.9 Å². The number of carbonyl (C=O) groups excluding carboxylic acids is 6. The number of aromatic hydroxyl groups is 1. The molecule has 0 aliphatic carbocycles. The van der Waals surface area contributed by atoms with Crippen LogP contribution >= 0.6 is 12.6 Å². The molecule has 1 aliphatic rings. The minimum atomic E-state index is -1.62. The SMILES string of the molecule is NC(N)=NCCCC1NC(=O)[C@@H](CCCCNC(=O)CS)NC(=O)[C@H](Cc2ccc(O)cc2)NC(=O)C(CC(=O)O)NC(=O)CNC1=O. The van der Waals surface area contributed by atoms with E-state index in [-0.39, 0.29) is 62.1 Å². The molecule has 4 atom stereocenters. The van der Waals surface area contributed by atoms with Gasteiger partial charge in [0.05, 0.1) is 18.7 Å². The van der Waals surface area contributed by atoms with Gasteiger partial charge in [0, 0.05) is 19.5 Å². The first-order valence-corrected chi connectivity index (χ1v) is 15.8. The van der Waals surface area contributed by atoms with E-state index in [2.05, 4.69) is 49.5 Å². The van der Waals surface area contributed by atoms with Crippen molar-refractivity contribution in [3.05, 3.63) is 29.8 Å². The highest BCUT2D eigenvalue weighted by Crippen LogP contribution is 2.13. The predicted octanol–water partition coefficient (Wildman–Crippen LogP) is -3.25. The Morgan fingerprint density at radius 2 is 1.42 bits per heavy atom. The number of phenolic OH excluding ortho intramolecular Hbond substituents is 1. The van der Waals surface area contributed by atoms with Crippen LogP contribution in [-0.2, 0) is 40.0 Å². The number of carbonyl (C=O) groups is 7. The summed E-state index contributed by atoms with van der Waals surface area (Å²) in [5.41, 5.74) is 11.2. The zero-order valence-corrected chi connectivity index (χ0v) is 27.1. The van der Waals surface area contributed by atoms with Gasteiger partial charge in [0.25, 0.3) is 0 Å². The highest BCUT2D eigenvalue weighted by Gasteiger charge is 2.33. The Kier molecular flexibility index (Phi) is 16.5. The van der Waals surface area contributed by atoms with Gasteiger partial charge >= 0.3 is 5.97 Å². The lowest BCUT2D eigenvalue weighted by Crippen LogP contribution is -2.58. The summed E-state index contributed by atoms with van der Waals surface area (Å²) in [6, 6.07) is 0.365. The van der Waals surface area contributed by atoms with E-state index in [1.165, 1.54) is 24.3 Å². The van der Waals surface area contributed by atoms with Gasteiger partial charge in [0.2, 0.25) is 35.4 Å². The number of aliphatic imine (C=N–C) groups is 1. The van der Waals surface area contributed by atoms with Crippen molar-refractivity contribution in [3.63, 3.8) is 0 Å². The summed E-state index contributed by atoms with van der Waals surface area (Å²) in [6.07, 6.45) is 0.163. The number of nitrogens with zero attached hydrogens (tertiary/aromatic N) is 1. The smallest absolute Gasteiger partial charge is 0.305 e. The third-order valence-corrected chi connectivity index (χ3v) is 7.35. The number of unbranched alkanes of at least 4 members (excludes halogenated alkanes) is 1. The maximum atomic E-state index is 13.7. The molecule has 6 amide bonds. The second-order valence-corrected chi connectivity index (χ2v) is 11.3. The number of nitrogens with two attached hydrogens (primary N) is 2. The van der Waals surface area contributed by atoms with Gasteiger partial charge in [0.15, 0.2) is 5.96 Å². The molecule has 1 aliphatic heterocycles. The van der Waals surface area contributed by atoms with Crippen molar-refractivity contribution in [2.45, 2.75) is 69.1 Å². The average molecular weight is 694 g/mol. The Labute approximate surface area is 282 Å². The standard InChI is InChI=1S/C29H43N9O9S/c30-29(31)33-11-3-5-18-25(44)34-14-22(40)35-21(13-24(42)43)28(47)38-20(12-16-6-8-17(39)9-7-16)27(46)37-19(26(45)36-18)4-1-2-10-32-23(41)15-48/h6-9,18-21,39,48H,1-5,10-15H2,(H,32,41)(H,34,44)(H,35,40)(H,36,45)(H,37,46)(H,38,47)(H,42,43)(H4,30,31,33)/t18?,19-,20+,21?/m1/s1. The number of phenols is 1. The van der Waals surface area contributed by atoms with Crippen molar-refractivity contribution in [2.75, 3.05) is 25.4 Å². The molecule has 1 aromatic rings. The monoisotopic (exact) mass is 693 g/mol. The zero-order valence-electron chi connectivity index (χ0n) is 26.2. The first kappa shape index (κ1) is 39.1. The summed E-state index contributed by atoms with van der Waals surface area (Å²) < 4.78 is 0. The van der Waals surface area contributed by atoms with Crippen LogP contribution in [-0.4, -0.2) is 107 Å². The molecule has 0 saturated carbocycles. The molecule has 0 radical (unpaired) electrons. The molecule has 0 spiro atoms. The third-order valence-electron chi connectivity index (χ3n) is 7.06. The maximum absolute atomic E-state index is 13.7. The second kappa shape index (κ2) is 20.2. The van der Waals surface area contributed by atoms with E-state index in [1.807, 2.05) is 0 Å². The number of amides is 6. The molecule has 0 aromatic heterocycles. The largest absolute Gasteiger partial charge is 0.508 e. The van der Waals surface area contributed by atoms with Crippen LogP contribution in [0.25, 0.3) is 0 Å². The van der Waals surface area contributed by atoms with Crippen molar-refractivity contribution in [1.82, 2.24) is 31.9 Å². The Balaban J connectivity index is 2.44. The number of carboxylic acid groups (broad SMARTS) is 1. The fourth-order valence-electron chi connectivity index (χ4n) is 4.61. The highest BCUT2D eigenvalue weighted by molar-refractivity contribution is 7.81. The van der Waals surface area contributed by atoms with E-state index in [4.69, 9.17) is 11.5 Å². The summed E-state index contributed by atoms with van der Waals surface area (Å²) in [7, 11) is 0. The molecular formula is C29H43N9O9S. The average Bonchev–Trinajstić information content (AvgIpc) is 3.03. The summed E-state index contributed by atoms with van der Waals surface area (Å²) >= 11 is 3.90. The van der Waals surface area contributed by atoms with E-state index in [0.717, 1.165) is 0 Å². The second-order valence-electron chi connectivity index (χ2n) is 10.9. The summed E-state index contributed by atoms with van der Waals surface area (Å²) in [4.78, 5) is 93.4. The number of carboxylic acids is 1. The van der Waals surface area contributed by atoms with Crippen LogP contribution in [0.4, 0.5) is 0 Å². The lowest BCUT2D eigenvalue weighted by Gasteiger charge is -2.26. The van der Waals surface area contributed by atoms with E-state index in [0.29, 0.717) is 18.4 Å². The highest BCUT2D eigenvalue weighted by atomic mass is 32.1. The molecule has 0 bridgehead atoms. The van der Waals surface area contributed by atoms with E-state index in [9.17, 15) is 43.8 Å². The zero-order chi connectivity index (χ0) is 35.6. The van der Waals surface area contributed by atoms with Crippen LogP contribution in [0, 0.1) is 0 Å². The number of hydrogen-bond donors (Lipinski definition) is 11. The Hall–Kier alpha value is -5.07. The minimum absolute atomic E-state index is 0.00367.